The molecule has 3 N–H and O–H groups in total. The molecule has 4 nitrogen and oxygen atoms in total. The van der Waals surface area contributed by atoms with E-state index in [-0.39, 0.29) is 24.0 Å². The molecule has 0 saturated carbocycles. The second kappa shape index (κ2) is 6.80. The van der Waals surface area contributed by atoms with Gasteiger partial charge in [-0.3, -0.25) is 4.79 Å². The molecule has 0 spiro atoms. The molecule has 1 atom stereocenters. The van der Waals surface area contributed by atoms with E-state index in [1.807, 2.05) is 6.92 Å². The lowest BCUT2D eigenvalue weighted by molar-refractivity contribution is -0.122. The molecule has 0 aromatic carbocycles. The standard InChI is InChI=1S/C11H24N2O2/c1-5-11(6-2,8-14)7-13-9(3)10(15)12-4/h9,13-14H,5-8H2,1-4H3,(H,12,15). The first-order valence-corrected chi connectivity index (χ1v) is 5.61. The molecule has 0 saturated heterocycles. The first-order valence-electron chi connectivity index (χ1n) is 5.61. The minimum absolute atomic E-state index is 0.0194. The fraction of sp³-hybridized carbons (Fsp3) is 0.909. The maximum Gasteiger partial charge on any atom is 0.236 e. The average molecular weight is 216 g/mol. The summed E-state index contributed by atoms with van der Waals surface area (Å²) in [6.45, 7) is 6.78. The highest BCUT2D eigenvalue weighted by Gasteiger charge is 2.26. The Kier molecular flexibility index (Phi) is 6.52. The van der Waals surface area contributed by atoms with Crippen molar-refractivity contribution < 1.29 is 9.90 Å². The Morgan fingerprint density at radius 1 is 1.40 bits per heavy atom. The van der Waals surface area contributed by atoms with Gasteiger partial charge in [0.1, 0.15) is 0 Å². The topological polar surface area (TPSA) is 61.4 Å². The Hall–Kier alpha value is -0.610. The third-order valence-corrected chi connectivity index (χ3v) is 3.26. The summed E-state index contributed by atoms with van der Waals surface area (Å²) in [4.78, 5) is 11.3. The lowest BCUT2D eigenvalue weighted by atomic mass is 9.83. The smallest absolute Gasteiger partial charge is 0.236 e. The van der Waals surface area contributed by atoms with Crippen LogP contribution in [-0.2, 0) is 4.79 Å². The maximum absolute atomic E-state index is 11.3. The van der Waals surface area contributed by atoms with E-state index >= 15 is 0 Å². The minimum atomic E-state index is -0.209. The molecular formula is C11H24N2O2. The summed E-state index contributed by atoms with van der Waals surface area (Å²) in [6, 6.07) is -0.209. The summed E-state index contributed by atoms with van der Waals surface area (Å²) in [5.41, 5.74) is -0.0950. The van der Waals surface area contributed by atoms with Crippen LogP contribution in [0.4, 0.5) is 0 Å². The Morgan fingerprint density at radius 3 is 2.27 bits per heavy atom. The Labute approximate surface area is 92.4 Å². The van der Waals surface area contributed by atoms with Gasteiger partial charge >= 0.3 is 0 Å². The van der Waals surface area contributed by atoms with Crippen molar-refractivity contribution in [2.75, 3.05) is 20.2 Å². The van der Waals surface area contributed by atoms with Crippen molar-refractivity contribution in [2.24, 2.45) is 5.41 Å². The number of nitrogens with one attached hydrogen (secondary N) is 2. The highest BCUT2D eigenvalue weighted by atomic mass is 16.3. The average Bonchev–Trinajstić information content (AvgIpc) is 2.30. The van der Waals surface area contributed by atoms with E-state index in [9.17, 15) is 9.90 Å². The number of amides is 1. The number of carbonyl (C=O) groups is 1. The van der Waals surface area contributed by atoms with Gasteiger partial charge in [-0.25, -0.2) is 0 Å². The van der Waals surface area contributed by atoms with E-state index in [1.165, 1.54) is 0 Å². The Balaban J connectivity index is 4.16. The van der Waals surface area contributed by atoms with Gasteiger partial charge in [-0.2, -0.15) is 0 Å². The van der Waals surface area contributed by atoms with Gasteiger partial charge in [0.15, 0.2) is 0 Å². The number of rotatable bonds is 7. The van der Waals surface area contributed by atoms with Crippen LogP contribution in [-0.4, -0.2) is 37.3 Å². The van der Waals surface area contributed by atoms with Crippen LogP contribution in [0, 0.1) is 5.41 Å². The number of aliphatic hydroxyl groups is 1. The molecule has 0 fully saturated rings. The molecular weight excluding hydrogens is 192 g/mol. The third kappa shape index (κ3) is 4.18. The summed E-state index contributed by atoms with van der Waals surface area (Å²) < 4.78 is 0. The molecule has 4 heteroatoms. The highest BCUT2D eigenvalue weighted by molar-refractivity contribution is 5.80. The van der Waals surface area contributed by atoms with Crippen molar-refractivity contribution in [1.82, 2.24) is 10.6 Å². The summed E-state index contributed by atoms with van der Waals surface area (Å²) in [7, 11) is 1.62. The monoisotopic (exact) mass is 216 g/mol. The third-order valence-electron chi connectivity index (χ3n) is 3.26. The van der Waals surface area contributed by atoms with Gasteiger partial charge in [-0.05, 0) is 19.8 Å². The molecule has 90 valence electrons. The highest BCUT2D eigenvalue weighted by Crippen LogP contribution is 2.24. The van der Waals surface area contributed by atoms with Crippen molar-refractivity contribution in [2.45, 2.75) is 39.7 Å². The van der Waals surface area contributed by atoms with E-state index in [0.717, 1.165) is 12.8 Å². The summed E-state index contributed by atoms with van der Waals surface area (Å²) in [5, 5.41) is 15.1. The Bertz CT molecular complexity index is 183. The largest absolute Gasteiger partial charge is 0.396 e. The van der Waals surface area contributed by atoms with Gasteiger partial charge in [-0.1, -0.05) is 13.8 Å². The molecule has 0 aromatic rings. The van der Waals surface area contributed by atoms with E-state index in [4.69, 9.17) is 0 Å². The van der Waals surface area contributed by atoms with Crippen molar-refractivity contribution in [3.05, 3.63) is 0 Å². The zero-order chi connectivity index (χ0) is 11.9. The molecule has 1 unspecified atom stereocenters. The first-order chi connectivity index (χ1) is 7.05. The number of carbonyl (C=O) groups excluding carboxylic acids is 1. The van der Waals surface area contributed by atoms with E-state index in [2.05, 4.69) is 24.5 Å². The molecule has 0 radical (unpaired) electrons. The van der Waals surface area contributed by atoms with Crippen LogP contribution in [0.15, 0.2) is 0 Å². The molecule has 0 heterocycles. The quantitative estimate of drug-likeness (QED) is 0.581. The zero-order valence-electron chi connectivity index (χ0n) is 10.3. The number of hydrogen-bond donors (Lipinski definition) is 3. The minimum Gasteiger partial charge on any atom is -0.396 e. The van der Waals surface area contributed by atoms with Gasteiger partial charge in [0.05, 0.1) is 6.04 Å². The van der Waals surface area contributed by atoms with Gasteiger partial charge in [0.25, 0.3) is 0 Å². The SMILES string of the molecule is CCC(CC)(CO)CNC(C)C(=O)NC. The number of hydrogen-bond acceptors (Lipinski definition) is 3. The van der Waals surface area contributed by atoms with Gasteiger partial charge in [0, 0.05) is 25.6 Å². The fourth-order valence-electron chi connectivity index (χ4n) is 1.46. The van der Waals surface area contributed by atoms with Gasteiger partial charge in [-0.15, -0.1) is 0 Å². The predicted molar refractivity (Wildman–Crippen MR) is 61.6 cm³/mol. The molecule has 0 aliphatic rings. The van der Waals surface area contributed by atoms with Crippen LogP contribution in [0.3, 0.4) is 0 Å². The zero-order valence-corrected chi connectivity index (χ0v) is 10.3. The predicted octanol–water partition coefficient (Wildman–Crippen LogP) is 0.509. The molecule has 0 aliphatic carbocycles. The molecule has 0 bridgehead atoms. The van der Waals surface area contributed by atoms with E-state index < -0.39 is 0 Å². The van der Waals surface area contributed by atoms with Crippen LogP contribution >= 0.6 is 0 Å². The van der Waals surface area contributed by atoms with Crippen LogP contribution in [0.25, 0.3) is 0 Å². The molecule has 0 aromatic heterocycles. The second-order valence-electron chi connectivity index (χ2n) is 4.08. The summed E-state index contributed by atoms with van der Waals surface area (Å²) in [5.74, 6) is -0.0194. The van der Waals surface area contributed by atoms with Crippen molar-refractivity contribution in [1.29, 1.82) is 0 Å². The number of likely N-dealkylation sites (N-methyl/N-ethyl adjacent to an activating group) is 1. The van der Waals surface area contributed by atoms with Gasteiger partial charge in [0.2, 0.25) is 5.91 Å². The number of aliphatic hydroxyl groups excluding tert-OH is 1. The molecule has 0 rings (SSSR count). The fourth-order valence-corrected chi connectivity index (χ4v) is 1.46. The molecule has 1 amide bonds. The molecule has 15 heavy (non-hydrogen) atoms. The molecule has 0 aliphatic heterocycles. The normalized spacial score (nSPS) is 13.7. The summed E-state index contributed by atoms with van der Waals surface area (Å²) in [6.07, 6.45) is 1.82. The van der Waals surface area contributed by atoms with E-state index in [1.54, 1.807) is 7.05 Å². The lowest BCUT2D eigenvalue weighted by Crippen LogP contribution is -2.46. The van der Waals surface area contributed by atoms with Crippen molar-refractivity contribution in [3.8, 4) is 0 Å². The maximum atomic E-state index is 11.3. The van der Waals surface area contributed by atoms with Crippen molar-refractivity contribution >= 4 is 5.91 Å². The van der Waals surface area contributed by atoms with Crippen LogP contribution < -0.4 is 10.6 Å². The summed E-state index contributed by atoms with van der Waals surface area (Å²) >= 11 is 0. The first kappa shape index (κ1) is 14.4. The Morgan fingerprint density at radius 2 is 1.93 bits per heavy atom. The van der Waals surface area contributed by atoms with Crippen LogP contribution in [0.2, 0.25) is 0 Å². The van der Waals surface area contributed by atoms with Gasteiger partial charge < -0.3 is 15.7 Å². The lowest BCUT2D eigenvalue weighted by Gasteiger charge is -2.30. The van der Waals surface area contributed by atoms with E-state index in [0.29, 0.717) is 6.54 Å². The van der Waals surface area contributed by atoms with Crippen molar-refractivity contribution in [3.63, 3.8) is 0 Å². The second-order valence-corrected chi connectivity index (χ2v) is 4.08. The van der Waals surface area contributed by atoms with Crippen LogP contribution in [0.1, 0.15) is 33.6 Å². The van der Waals surface area contributed by atoms with Crippen LogP contribution in [0.5, 0.6) is 0 Å².